The van der Waals surface area contributed by atoms with Crippen molar-refractivity contribution in [2.75, 3.05) is 5.73 Å². The van der Waals surface area contributed by atoms with Crippen LogP contribution in [0.3, 0.4) is 0 Å². The SMILES string of the molecule is Nc1ccc2c(c1)C1C(C(=O)O)=C(C(=O)O)C2c2ccccc21. The van der Waals surface area contributed by atoms with Crippen molar-refractivity contribution in [2.45, 2.75) is 11.8 Å². The Morgan fingerprint density at radius 1 is 0.783 bits per heavy atom. The molecule has 2 atom stereocenters. The molecule has 4 N–H and O–H groups in total. The molecule has 2 bridgehead atoms. The third-order valence-electron chi connectivity index (χ3n) is 4.68. The van der Waals surface area contributed by atoms with Gasteiger partial charge in [-0.3, -0.25) is 0 Å². The number of aliphatic carboxylic acids is 2. The molecule has 0 radical (unpaired) electrons. The molecule has 5 heteroatoms. The van der Waals surface area contributed by atoms with Gasteiger partial charge < -0.3 is 15.9 Å². The number of hydrogen-bond acceptors (Lipinski definition) is 3. The zero-order valence-corrected chi connectivity index (χ0v) is 12.0. The van der Waals surface area contributed by atoms with Crippen LogP contribution in [-0.4, -0.2) is 22.2 Å². The first kappa shape index (κ1) is 13.6. The second-order valence-corrected chi connectivity index (χ2v) is 5.82. The van der Waals surface area contributed by atoms with Gasteiger partial charge in [-0.1, -0.05) is 30.3 Å². The van der Waals surface area contributed by atoms with Gasteiger partial charge in [-0.05, 0) is 34.4 Å². The molecule has 0 fully saturated rings. The van der Waals surface area contributed by atoms with E-state index >= 15 is 0 Å². The van der Waals surface area contributed by atoms with Crippen molar-refractivity contribution < 1.29 is 19.8 Å². The number of carboxylic acid groups (broad SMARTS) is 2. The summed E-state index contributed by atoms with van der Waals surface area (Å²) in [4.78, 5) is 23.6. The largest absolute Gasteiger partial charge is 0.478 e. The first-order valence-corrected chi connectivity index (χ1v) is 7.19. The number of anilines is 1. The predicted molar refractivity (Wildman–Crippen MR) is 83.3 cm³/mol. The Kier molecular flexibility index (Phi) is 2.63. The molecule has 3 aliphatic rings. The molecule has 5 rings (SSSR count). The highest BCUT2D eigenvalue weighted by atomic mass is 16.4. The maximum Gasteiger partial charge on any atom is 0.333 e. The van der Waals surface area contributed by atoms with Gasteiger partial charge >= 0.3 is 11.9 Å². The van der Waals surface area contributed by atoms with Gasteiger partial charge in [-0.25, -0.2) is 9.59 Å². The first-order valence-electron chi connectivity index (χ1n) is 7.19. The maximum atomic E-state index is 11.8. The van der Waals surface area contributed by atoms with E-state index in [1.807, 2.05) is 24.3 Å². The minimum atomic E-state index is -1.19. The van der Waals surface area contributed by atoms with Gasteiger partial charge in [0.1, 0.15) is 0 Å². The molecule has 0 aromatic heterocycles. The fraction of sp³-hybridized carbons (Fsp3) is 0.111. The number of hydrogen-bond donors (Lipinski definition) is 3. The lowest BCUT2D eigenvalue weighted by Crippen LogP contribution is -2.34. The van der Waals surface area contributed by atoms with Crippen molar-refractivity contribution >= 4 is 17.6 Å². The summed E-state index contributed by atoms with van der Waals surface area (Å²) >= 11 is 0. The molecule has 23 heavy (non-hydrogen) atoms. The van der Waals surface area contributed by atoms with Crippen LogP contribution in [-0.2, 0) is 9.59 Å². The van der Waals surface area contributed by atoms with Gasteiger partial charge in [0.15, 0.2) is 0 Å². The van der Waals surface area contributed by atoms with E-state index in [2.05, 4.69) is 0 Å². The van der Waals surface area contributed by atoms with E-state index in [1.165, 1.54) is 0 Å². The zero-order valence-electron chi connectivity index (χ0n) is 12.0. The van der Waals surface area contributed by atoms with Gasteiger partial charge in [0.25, 0.3) is 0 Å². The monoisotopic (exact) mass is 307 g/mol. The Balaban J connectivity index is 2.12. The fourth-order valence-electron chi connectivity index (χ4n) is 3.89. The van der Waals surface area contributed by atoms with Crippen LogP contribution in [0.5, 0.6) is 0 Å². The second kappa shape index (κ2) is 4.46. The molecule has 0 saturated carbocycles. The molecular weight excluding hydrogens is 294 g/mol. The summed E-state index contributed by atoms with van der Waals surface area (Å²) < 4.78 is 0. The average Bonchev–Trinajstić information content (AvgIpc) is 2.53. The van der Waals surface area contributed by atoms with Crippen LogP contribution < -0.4 is 5.73 Å². The molecule has 2 aromatic rings. The summed E-state index contributed by atoms with van der Waals surface area (Å²) in [5.41, 5.74) is 9.62. The Bertz CT molecular complexity index is 913. The summed E-state index contributed by atoms with van der Waals surface area (Å²) in [7, 11) is 0. The Hall–Kier alpha value is -3.08. The van der Waals surface area contributed by atoms with Crippen LogP contribution in [0.2, 0.25) is 0 Å². The van der Waals surface area contributed by atoms with Crippen molar-refractivity contribution in [3.05, 3.63) is 75.9 Å². The van der Waals surface area contributed by atoms with Crippen LogP contribution in [0.1, 0.15) is 34.1 Å². The highest BCUT2D eigenvalue weighted by molar-refractivity contribution is 6.04. The minimum absolute atomic E-state index is 0.0431. The molecule has 2 unspecified atom stereocenters. The lowest BCUT2D eigenvalue weighted by Gasteiger charge is -2.41. The van der Waals surface area contributed by atoms with E-state index in [-0.39, 0.29) is 11.1 Å². The summed E-state index contributed by atoms with van der Waals surface area (Å²) in [6.45, 7) is 0. The van der Waals surface area contributed by atoms with Crippen LogP contribution >= 0.6 is 0 Å². The summed E-state index contributed by atoms with van der Waals surface area (Å²) in [5, 5.41) is 19.3. The molecule has 0 saturated heterocycles. The summed E-state index contributed by atoms with van der Waals surface area (Å²) in [6.07, 6.45) is 0. The van der Waals surface area contributed by atoms with Crippen LogP contribution in [0.25, 0.3) is 0 Å². The quantitative estimate of drug-likeness (QED) is 0.739. The number of nitrogens with two attached hydrogens (primary N) is 1. The van der Waals surface area contributed by atoms with E-state index in [0.29, 0.717) is 5.69 Å². The second-order valence-electron chi connectivity index (χ2n) is 5.82. The highest BCUT2D eigenvalue weighted by Crippen LogP contribution is 2.55. The van der Waals surface area contributed by atoms with E-state index in [0.717, 1.165) is 22.3 Å². The zero-order chi connectivity index (χ0) is 16.3. The van der Waals surface area contributed by atoms with Crippen LogP contribution in [0.4, 0.5) is 5.69 Å². The molecule has 0 spiro atoms. The molecule has 5 nitrogen and oxygen atoms in total. The summed E-state index contributed by atoms with van der Waals surface area (Å²) in [6, 6.07) is 12.7. The molecule has 0 amide bonds. The first-order chi connectivity index (χ1) is 11.0. The normalized spacial score (nSPS) is 20.9. The number of rotatable bonds is 2. The van der Waals surface area contributed by atoms with Gasteiger partial charge in [0.05, 0.1) is 11.1 Å². The van der Waals surface area contributed by atoms with Crippen LogP contribution in [0.15, 0.2) is 53.6 Å². The Labute approximate surface area is 131 Å². The molecule has 0 heterocycles. The standard InChI is InChI=1S/C18H13NO4/c19-8-5-6-11-12(7-8)14-10-4-2-1-3-9(10)13(11)15(17(20)21)16(14)18(22)23/h1-7,13-14H,19H2,(H,20,21)(H,22,23). The fourth-order valence-corrected chi connectivity index (χ4v) is 3.89. The third-order valence-corrected chi connectivity index (χ3v) is 4.68. The van der Waals surface area contributed by atoms with E-state index in [4.69, 9.17) is 5.73 Å². The van der Waals surface area contributed by atoms with Crippen LogP contribution in [0, 0.1) is 0 Å². The van der Waals surface area contributed by atoms with E-state index < -0.39 is 23.8 Å². The van der Waals surface area contributed by atoms with Crippen molar-refractivity contribution in [3.63, 3.8) is 0 Å². The van der Waals surface area contributed by atoms with Crippen molar-refractivity contribution in [3.8, 4) is 0 Å². The lowest BCUT2D eigenvalue weighted by atomic mass is 9.61. The van der Waals surface area contributed by atoms with Gasteiger partial charge in [-0.15, -0.1) is 0 Å². The van der Waals surface area contributed by atoms with Crippen molar-refractivity contribution in [1.82, 2.24) is 0 Å². The third kappa shape index (κ3) is 1.67. The minimum Gasteiger partial charge on any atom is -0.478 e. The smallest absolute Gasteiger partial charge is 0.333 e. The summed E-state index contributed by atoms with van der Waals surface area (Å²) in [5.74, 6) is -3.55. The molecule has 114 valence electrons. The number of carbonyl (C=O) groups is 2. The Morgan fingerprint density at radius 2 is 1.26 bits per heavy atom. The van der Waals surface area contributed by atoms with Crippen molar-refractivity contribution in [2.24, 2.45) is 0 Å². The molecule has 3 aliphatic carbocycles. The highest BCUT2D eigenvalue weighted by Gasteiger charge is 2.47. The number of benzene rings is 2. The number of nitrogen functional groups attached to an aromatic ring is 1. The maximum absolute atomic E-state index is 11.8. The van der Waals surface area contributed by atoms with Gasteiger partial charge in [0, 0.05) is 17.5 Å². The molecular formula is C18H13NO4. The molecule has 0 aliphatic heterocycles. The van der Waals surface area contributed by atoms with Gasteiger partial charge in [-0.2, -0.15) is 0 Å². The molecule has 2 aromatic carbocycles. The number of carboxylic acids is 2. The Morgan fingerprint density at radius 3 is 1.78 bits per heavy atom. The van der Waals surface area contributed by atoms with Crippen molar-refractivity contribution in [1.29, 1.82) is 0 Å². The van der Waals surface area contributed by atoms with E-state index in [9.17, 15) is 19.8 Å². The lowest BCUT2D eigenvalue weighted by molar-refractivity contribution is -0.136. The van der Waals surface area contributed by atoms with E-state index in [1.54, 1.807) is 18.2 Å². The topological polar surface area (TPSA) is 101 Å². The average molecular weight is 307 g/mol. The van der Waals surface area contributed by atoms with Gasteiger partial charge in [0.2, 0.25) is 0 Å². The predicted octanol–water partition coefficient (Wildman–Crippen LogP) is 2.33.